The molecular weight excluding hydrogens is 372 g/mol. The van der Waals surface area contributed by atoms with Gasteiger partial charge in [0.15, 0.2) is 0 Å². The van der Waals surface area contributed by atoms with E-state index in [0.717, 1.165) is 34.1 Å². The van der Waals surface area contributed by atoms with Gasteiger partial charge in [0.1, 0.15) is 10.8 Å². The number of aromatic carboxylic acids is 1. The summed E-state index contributed by atoms with van der Waals surface area (Å²) in [6.07, 6.45) is 7.46. The highest BCUT2D eigenvalue weighted by Gasteiger charge is 2.22. The van der Waals surface area contributed by atoms with Crippen LogP contribution in [0.3, 0.4) is 0 Å². The van der Waals surface area contributed by atoms with E-state index in [1.807, 2.05) is 18.2 Å². The van der Waals surface area contributed by atoms with Crippen molar-refractivity contribution in [3.63, 3.8) is 0 Å². The maximum Gasteiger partial charge on any atom is 0.336 e. The second-order valence-electron chi connectivity index (χ2n) is 6.68. The molecule has 0 aliphatic carbocycles. The summed E-state index contributed by atoms with van der Waals surface area (Å²) in [5.74, 6) is 0.363. The fourth-order valence-corrected chi connectivity index (χ4v) is 4.30. The third-order valence-electron chi connectivity index (χ3n) is 4.91. The SMILES string of the molecule is O=C(O)c1ccncc1CCC1CCOc2cc(Sc3ccccn3)ccc21. The van der Waals surface area contributed by atoms with Crippen LogP contribution in [0.25, 0.3) is 0 Å². The van der Waals surface area contributed by atoms with Crippen molar-refractivity contribution in [3.05, 3.63) is 77.7 Å². The van der Waals surface area contributed by atoms with Crippen molar-refractivity contribution >= 4 is 17.7 Å². The first-order chi connectivity index (χ1) is 13.7. The number of carboxylic acids is 1. The standard InChI is InChI=1S/C22H20N2O3S/c25-22(26)19-8-11-23-14-16(19)5-4-15-9-12-27-20-13-17(6-7-18(15)20)28-21-3-1-2-10-24-21/h1-3,6-8,10-11,13-15H,4-5,9,12H2,(H,25,26). The molecule has 0 saturated heterocycles. The third kappa shape index (κ3) is 4.17. The minimum atomic E-state index is -0.902. The van der Waals surface area contributed by atoms with Gasteiger partial charge in [0.05, 0.1) is 12.2 Å². The van der Waals surface area contributed by atoms with Gasteiger partial charge in [-0.2, -0.15) is 0 Å². The highest BCUT2D eigenvalue weighted by Crippen LogP contribution is 2.39. The molecule has 6 heteroatoms. The zero-order valence-corrected chi connectivity index (χ0v) is 16.1. The molecule has 1 aromatic carbocycles. The molecule has 5 nitrogen and oxygen atoms in total. The van der Waals surface area contributed by atoms with E-state index in [-0.39, 0.29) is 0 Å². The van der Waals surface area contributed by atoms with E-state index in [4.69, 9.17) is 4.74 Å². The molecule has 28 heavy (non-hydrogen) atoms. The van der Waals surface area contributed by atoms with Crippen molar-refractivity contribution < 1.29 is 14.6 Å². The van der Waals surface area contributed by atoms with E-state index in [1.54, 1.807) is 30.2 Å². The first kappa shape index (κ1) is 18.5. The van der Waals surface area contributed by atoms with Gasteiger partial charge in [-0.15, -0.1) is 0 Å². The van der Waals surface area contributed by atoms with E-state index in [0.29, 0.717) is 24.5 Å². The molecule has 1 N–H and O–H groups in total. The fourth-order valence-electron chi connectivity index (χ4n) is 3.50. The summed E-state index contributed by atoms with van der Waals surface area (Å²) >= 11 is 1.61. The van der Waals surface area contributed by atoms with Gasteiger partial charge in [-0.1, -0.05) is 23.9 Å². The van der Waals surface area contributed by atoms with Crippen LogP contribution in [0.1, 0.15) is 40.2 Å². The first-order valence-electron chi connectivity index (χ1n) is 9.22. The number of aryl methyl sites for hydroxylation is 1. The number of fused-ring (bicyclic) bond motifs is 1. The van der Waals surface area contributed by atoms with Gasteiger partial charge in [0.25, 0.3) is 0 Å². The van der Waals surface area contributed by atoms with Crippen LogP contribution in [-0.4, -0.2) is 27.7 Å². The summed E-state index contributed by atoms with van der Waals surface area (Å²) < 4.78 is 5.91. The molecule has 0 radical (unpaired) electrons. The molecule has 0 amide bonds. The van der Waals surface area contributed by atoms with Crippen LogP contribution >= 0.6 is 11.8 Å². The average molecular weight is 392 g/mol. The van der Waals surface area contributed by atoms with Gasteiger partial charge < -0.3 is 9.84 Å². The van der Waals surface area contributed by atoms with E-state index in [2.05, 4.69) is 28.2 Å². The van der Waals surface area contributed by atoms with Crippen molar-refractivity contribution in [1.82, 2.24) is 9.97 Å². The van der Waals surface area contributed by atoms with E-state index < -0.39 is 5.97 Å². The minimum Gasteiger partial charge on any atom is -0.493 e. The van der Waals surface area contributed by atoms with Crippen LogP contribution in [0.15, 0.2) is 71.0 Å². The Bertz CT molecular complexity index is 979. The Morgan fingerprint density at radius 3 is 2.96 bits per heavy atom. The van der Waals surface area contributed by atoms with Crippen molar-refractivity contribution in [2.24, 2.45) is 0 Å². The maximum absolute atomic E-state index is 11.4. The maximum atomic E-state index is 11.4. The summed E-state index contributed by atoms with van der Waals surface area (Å²) in [4.78, 5) is 20.9. The van der Waals surface area contributed by atoms with Crippen LogP contribution in [-0.2, 0) is 6.42 Å². The van der Waals surface area contributed by atoms with Gasteiger partial charge in [0.2, 0.25) is 0 Å². The molecule has 1 atom stereocenters. The zero-order valence-electron chi connectivity index (χ0n) is 15.2. The molecule has 2 aromatic heterocycles. The zero-order chi connectivity index (χ0) is 19.3. The largest absolute Gasteiger partial charge is 0.493 e. The topological polar surface area (TPSA) is 72.3 Å². The quantitative estimate of drug-likeness (QED) is 0.648. The fraction of sp³-hybridized carbons (Fsp3) is 0.227. The normalized spacial score (nSPS) is 15.5. The first-order valence-corrected chi connectivity index (χ1v) is 10.0. The minimum absolute atomic E-state index is 0.337. The summed E-state index contributed by atoms with van der Waals surface area (Å²) in [5, 5.41) is 10.3. The van der Waals surface area contributed by atoms with Gasteiger partial charge >= 0.3 is 5.97 Å². The Hall–Kier alpha value is -2.86. The van der Waals surface area contributed by atoms with Gasteiger partial charge in [-0.05, 0) is 66.6 Å². The molecule has 0 spiro atoms. The second-order valence-corrected chi connectivity index (χ2v) is 7.77. The Kier molecular flexibility index (Phi) is 5.58. The third-order valence-corrected chi connectivity index (χ3v) is 5.85. The molecule has 0 fully saturated rings. The molecule has 4 rings (SSSR count). The molecule has 142 valence electrons. The highest BCUT2D eigenvalue weighted by atomic mass is 32.2. The summed E-state index contributed by atoms with van der Waals surface area (Å²) in [7, 11) is 0. The van der Waals surface area contributed by atoms with Crippen molar-refractivity contribution in [2.75, 3.05) is 6.61 Å². The predicted molar refractivity (Wildman–Crippen MR) is 107 cm³/mol. The van der Waals surface area contributed by atoms with Crippen LogP contribution in [0.5, 0.6) is 5.75 Å². The number of hydrogen-bond acceptors (Lipinski definition) is 5. The van der Waals surface area contributed by atoms with Crippen LogP contribution in [0, 0.1) is 0 Å². The average Bonchev–Trinajstić information content (AvgIpc) is 2.73. The number of aromatic nitrogens is 2. The van der Waals surface area contributed by atoms with Crippen LogP contribution in [0.2, 0.25) is 0 Å². The molecule has 0 bridgehead atoms. The lowest BCUT2D eigenvalue weighted by Crippen LogP contribution is -2.15. The number of carboxylic acid groups (broad SMARTS) is 1. The number of pyridine rings is 2. The molecule has 3 heterocycles. The summed E-state index contributed by atoms with van der Waals surface area (Å²) in [5.41, 5.74) is 2.31. The monoisotopic (exact) mass is 392 g/mol. The Morgan fingerprint density at radius 1 is 1.21 bits per heavy atom. The van der Waals surface area contributed by atoms with Crippen molar-refractivity contribution in [1.29, 1.82) is 0 Å². The molecule has 0 saturated carbocycles. The number of benzene rings is 1. The van der Waals surface area contributed by atoms with E-state index in [1.165, 1.54) is 11.8 Å². The molecule has 1 unspecified atom stereocenters. The summed E-state index contributed by atoms with van der Waals surface area (Å²) in [6.45, 7) is 0.675. The lowest BCUT2D eigenvalue weighted by molar-refractivity contribution is 0.0695. The Morgan fingerprint density at radius 2 is 2.14 bits per heavy atom. The number of rotatable bonds is 6. The van der Waals surface area contributed by atoms with E-state index in [9.17, 15) is 9.90 Å². The highest BCUT2D eigenvalue weighted by molar-refractivity contribution is 7.99. The smallest absolute Gasteiger partial charge is 0.336 e. The van der Waals surface area contributed by atoms with E-state index >= 15 is 0 Å². The van der Waals surface area contributed by atoms with Gasteiger partial charge in [-0.25, -0.2) is 9.78 Å². The Balaban J connectivity index is 1.49. The van der Waals surface area contributed by atoms with Gasteiger partial charge in [-0.3, -0.25) is 4.98 Å². The van der Waals surface area contributed by atoms with Crippen LogP contribution in [0.4, 0.5) is 0 Å². The molecular formula is C22H20N2O3S. The molecule has 3 aromatic rings. The number of ether oxygens (including phenoxy) is 1. The van der Waals surface area contributed by atoms with Crippen molar-refractivity contribution in [3.8, 4) is 5.75 Å². The predicted octanol–water partition coefficient (Wildman–Crippen LogP) is 4.82. The van der Waals surface area contributed by atoms with Crippen molar-refractivity contribution in [2.45, 2.75) is 35.1 Å². The number of nitrogens with zero attached hydrogens (tertiary/aromatic N) is 2. The summed E-state index contributed by atoms with van der Waals surface area (Å²) in [6, 6.07) is 13.7. The lowest BCUT2D eigenvalue weighted by Gasteiger charge is -2.26. The number of carbonyl (C=O) groups is 1. The lowest BCUT2D eigenvalue weighted by atomic mass is 9.87. The molecule has 1 aliphatic rings. The molecule has 1 aliphatic heterocycles. The number of hydrogen-bond donors (Lipinski definition) is 1. The Labute approximate surface area is 167 Å². The second kappa shape index (κ2) is 8.44. The van der Waals surface area contributed by atoms with Crippen LogP contribution < -0.4 is 4.74 Å². The van der Waals surface area contributed by atoms with Gasteiger partial charge in [0, 0.05) is 23.5 Å².